The first-order chi connectivity index (χ1) is 3.46. The Labute approximate surface area is 87.1 Å². The molecule has 0 unspecified atom stereocenters. The van der Waals surface area contributed by atoms with Gasteiger partial charge in [-0.3, -0.25) is 0 Å². The maximum absolute atomic E-state index is 8.56. The van der Waals surface area contributed by atoms with Gasteiger partial charge in [0.2, 0.25) is 0 Å². The molecule has 0 fully saturated rings. The Hall–Kier alpha value is -0.200. The van der Waals surface area contributed by atoms with E-state index in [1.54, 1.807) is 0 Å². The van der Waals surface area contributed by atoms with Crippen molar-refractivity contribution >= 4 is 50.0 Å². The molecule has 60 valence electrons. The van der Waals surface area contributed by atoms with Crippen molar-refractivity contribution < 1.29 is 30.0 Å². The minimum absolute atomic E-state index is 0. The van der Waals surface area contributed by atoms with E-state index in [-0.39, 0.29) is 45.2 Å². The average molecular weight is 182 g/mol. The molecule has 0 heterocycles. The number of rotatable bonds is 0. The predicted molar refractivity (Wildman–Crippen MR) is 36.6 cm³/mol. The van der Waals surface area contributed by atoms with Crippen LogP contribution >= 0.6 is 0 Å². The Morgan fingerprint density at radius 2 is 0.800 bits per heavy atom. The molecule has 7 heteroatoms. The van der Waals surface area contributed by atoms with Crippen molar-refractivity contribution in [3.8, 4) is 0 Å². The van der Waals surface area contributed by atoms with Crippen LogP contribution in [0.3, 0.4) is 0 Å². The summed E-state index contributed by atoms with van der Waals surface area (Å²) in [4.78, 5) is 17.1. The number of hydrogen-bond donors (Lipinski definition) is 4. The van der Waals surface area contributed by atoms with Crippen LogP contribution in [-0.4, -0.2) is 70.5 Å². The summed E-state index contributed by atoms with van der Waals surface area (Å²) in [5.74, 6) is 0. The summed E-state index contributed by atoms with van der Waals surface area (Å²) in [5.41, 5.74) is 0. The van der Waals surface area contributed by atoms with Gasteiger partial charge in [-0.2, -0.15) is 0 Å². The molecule has 4 N–H and O–H groups in total. The standard InChI is InChI=1S/2CH2O3.CH4.Ca.2H/c2*2-1(3)4;;;;/h2*(H2,2,3,4);1H4;;;. The molecule has 0 rings (SSSR count). The molecule has 0 amide bonds. The van der Waals surface area contributed by atoms with Gasteiger partial charge in [0.15, 0.2) is 0 Å². The molecule has 0 bridgehead atoms. The van der Waals surface area contributed by atoms with Crippen LogP contribution in [0.15, 0.2) is 0 Å². The van der Waals surface area contributed by atoms with Crippen LogP contribution in [0.5, 0.6) is 0 Å². The molecule has 10 heavy (non-hydrogen) atoms. The molecule has 0 aromatic rings. The van der Waals surface area contributed by atoms with Crippen molar-refractivity contribution in [1.82, 2.24) is 0 Å². The molecule has 0 aliphatic heterocycles. The van der Waals surface area contributed by atoms with Crippen molar-refractivity contribution in [2.45, 2.75) is 7.43 Å². The van der Waals surface area contributed by atoms with E-state index in [1.165, 1.54) is 0 Å². The Morgan fingerprint density at radius 1 is 0.800 bits per heavy atom. The van der Waals surface area contributed by atoms with E-state index in [2.05, 4.69) is 0 Å². The summed E-state index contributed by atoms with van der Waals surface area (Å²) in [6.45, 7) is 0. The van der Waals surface area contributed by atoms with Gasteiger partial charge in [-0.05, 0) is 0 Å². The molecule has 6 nitrogen and oxygen atoms in total. The molecule has 0 radical (unpaired) electrons. The summed E-state index contributed by atoms with van der Waals surface area (Å²) in [7, 11) is 0. The number of hydrogen-bond acceptors (Lipinski definition) is 2. The van der Waals surface area contributed by atoms with Gasteiger partial charge in [-0.1, -0.05) is 7.43 Å². The zero-order valence-electron chi connectivity index (χ0n) is 3.61. The van der Waals surface area contributed by atoms with E-state index in [0.29, 0.717) is 0 Å². The van der Waals surface area contributed by atoms with Crippen LogP contribution in [-0.2, 0) is 0 Å². The van der Waals surface area contributed by atoms with Gasteiger partial charge in [0.1, 0.15) is 0 Å². The van der Waals surface area contributed by atoms with Crippen LogP contribution in [0.2, 0.25) is 0 Å². The van der Waals surface area contributed by atoms with Gasteiger partial charge in [0.25, 0.3) is 0 Å². The van der Waals surface area contributed by atoms with Crippen molar-refractivity contribution in [3.63, 3.8) is 0 Å². The summed E-state index contributed by atoms with van der Waals surface area (Å²) in [6.07, 6.45) is -3.67. The van der Waals surface area contributed by atoms with Crippen LogP contribution in [0, 0.1) is 0 Å². The molecule has 0 aliphatic rings. The molecule has 0 aliphatic carbocycles. The van der Waals surface area contributed by atoms with E-state index in [9.17, 15) is 0 Å². The second kappa shape index (κ2) is 15.9. The zero-order valence-corrected chi connectivity index (χ0v) is 3.61. The fourth-order valence-electron chi connectivity index (χ4n) is 0. The first-order valence-electron chi connectivity index (χ1n) is 1.30. The van der Waals surface area contributed by atoms with E-state index < -0.39 is 12.3 Å². The molecule has 0 saturated carbocycles. The monoisotopic (exact) mass is 182 g/mol. The third kappa shape index (κ3) is 8990. The van der Waals surface area contributed by atoms with Crippen LogP contribution in [0.25, 0.3) is 0 Å². The van der Waals surface area contributed by atoms with Gasteiger partial charge in [-0.15, -0.1) is 0 Å². The molecule has 0 spiro atoms. The first-order valence-corrected chi connectivity index (χ1v) is 1.30. The normalized spacial score (nSPS) is 4.80. The topological polar surface area (TPSA) is 115 Å². The van der Waals surface area contributed by atoms with Gasteiger partial charge in [0, 0.05) is 0 Å². The molecule has 0 aromatic heterocycles. The predicted octanol–water partition coefficient (Wildman–Crippen LogP) is 0.165. The van der Waals surface area contributed by atoms with Gasteiger partial charge >= 0.3 is 50.0 Å². The summed E-state index contributed by atoms with van der Waals surface area (Å²) < 4.78 is 0. The molecular weight excluding hydrogens is 172 g/mol. The SMILES string of the molecule is C.O=C(O)O.O=C(O)O.[CaH2]. The Morgan fingerprint density at radius 3 is 0.800 bits per heavy atom. The third-order valence-corrected chi connectivity index (χ3v) is 0. The Kier molecular flexibility index (Phi) is 35.9. The Bertz CT molecular complexity index is 71.0. The number of carbonyl (C=O) groups is 2. The molecule has 0 aromatic carbocycles. The van der Waals surface area contributed by atoms with Crippen molar-refractivity contribution in [2.24, 2.45) is 0 Å². The van der Waals surface area contributed by atoms with Crippen molar-refractivity contribution in [1.29, 1.82) is 0 Å². The fourth-order valence-corrected chi connectivity index (χ4v) is 0. The molecule has 0 atom stereocenters. The van der Waals surface area contributed by atoms with Crippen molar-refractivity contribution in [2.75, 3.05) is 0 Å². The number of carboxylic acid groups (broad SMARTS) is 4. The van der Waals surface area contributed by atoms with Crippen LogP contribution < -0.4 is 0 Å². The van der Waals surface area contributed by atoms with Gasteiger partial charge in [0.05, 0.1) is 0 Å². The van der Waals surface area contributed by atoms with Gasteiger partial charge in [-0.25, -0.2) is 9.59 Å². The second-order valence-corrected chi connectivity index (χ2v) is 0.565. The van der Waals surface area contributed by atoms with Crippen molar-refractivity contribution in [3.05, 3.63) is 0 Å². The maximum atomic E-state index is 8.56. The average Bonchev–Trinajstić information content (AvgIpc) is 1.25. The first kappa shape index (κ1) is 22.6. The quantitative estimate of drug-likeness (QED) is 0.397. The molecular formula is C3H10CaO6. The summed E-state index contributed by atoms with van der Waals surface area (Å²) in [5, 5.41) is 27.9. The Balaban J connectivity index is -0.0000000300. The van der Waals surface area contributed by atoms with E-state index >= 15 is 0 Å². The summed E-state index contributed by atoms with van der Waals surface area (Å²) in [6, 6.07) is 0. The second-order valence-electron chi connectivity index (χ2n) is 0.565. The third-order valence-electron chi connectivity index (χ3n) is 0. The fraction of sp³-hybridized carbons (Fsp3) is 0.333. The van der Waals surface area contributed by atoms with E-state index in [1.807, 2.05) is 0 Å². The zero-order chi connectivity index (χ0) is 7.15. The summed E-state index contributed by atoms with van der Waals surface area (Å²) >= 11 is 0. The van der Waals surface area contributed by atoms with Crippen LogP contribution in [0.4, 0.5) is 9.59 Å². The van der Waals surface area contributed by atoms with E-state index in [4.69, 9.17) is 30.0 Å². The van der Waals surface area contributed by atoms with Gasteiger partial charge < -0.3 is 20.4 Å². The van der Waals surface area contributed by atoms with Crippen LogP contribution in [0.1, 0.15) is 7.43 Å². The minimum atomic E-state index is -1.83. The van der Waals surface area contributed by atoms with E-state index in [0.717, 1.165) is 0 Å². The molecule has 0 saturated heterocycles.